The maximum Gasteiger partial charge on any atom is 0.339 e. The van der Waals surface area contributed by atoms with Crippen molar-refractivity contribution < 1.29 is 12.6 Å². The number of hydrogen-bond donors (Lipinski definition) is 0. The minimum atomic E-state index is -3.93. The molecular weight excluding hydrogens is 524 g/mol. The lowest BCUT2D eigenvalue weighted by Gasteiger charge is -2.26. The van der Waals surface area contributed by atoms with Gasteiger partial charge in [0.2, 0.25) is 0 Å². The Labute approximate surface area is 246 Å². The second-order valence-electron chi connectivity index (χ2n) is 11.1. The van der Waals surface area contributed by atoms with E-state index in [1.165, 1.54) is 48.8 Å². The zero-order chi connectivity index (χ0) is 28.7. The first kappa shape index (κ1) is 28.9. The molecule has 4 aromatic rings. The van der Waals surface area contributed by atoms with Crippen LogP contribution >= 0.6 is 0 Å². The molecule has 0 spiro atoms. The molecule has 0 N–H and O–H groups in total. The van der Waals surface area contributed by atoms with E-state index < -0.39 is 10.1 Å². The van der Waals surface area contributed by atoms with Gasteiger partial charge in [-0.2, -0.15) is 8.42 Å². The van der Waals surface area contributed by atoms with E-state index in [1.807, 2.05) is 19.1 Å². The predicted molar refractivity (Wildman–Crippen MR) is 169 cm³/mol. The standard InChI is InChI=1S/C37H40O3S/c1-3-4-5-6-7-14-19-34-35-27-32(40-41(38,39)33-24-20-28(2)21-25-33)23-22-31(35)26-36(34)37(29-15-10-8-11-16-29)30-17-12-9-13-18-30/h8-13,15-18,20-27,34,37H,3-7,14,19H2,1-2H3. The number of hydrogen-bond acceptors (Lipinski definition) is 3. The van der Waals surface area contributed by atoms with E-state index in [9.17, 15) is 8.42 Å². The van der Waals surface area contributed by atoms with Crippen LogP contribution in [0.1, 0.15) is 91.5 Å². The number of benzene rings is 4. The van der Waals surface area contributed by atoms with Crippen LogP contribution in [0.2, 0.25) is 0 Å². The quantitative estimate of drug-likeness (QED) is 0.120. The van der Waals surface area contributed by atoms with Crippen molar-refractivity contribution in [3.8, 4) is 5.75 Å². The van der Waals surface area contributed by atoms with E-state index in [0.29, 0.717) is 5.75 Å². The van der Waals surface area contributed by atoms with Gasteiger partial charge in [0.1, 0.15) is 10.6 Å². The van der Waals surface area contributed by atoms with E-state index in [1.54, 1.807) is 30.3 Å². The molecule has 0 radical (unpaired) electrons. The second-order valence-corrected chi connectivity index (χ2v) is 12.7. The Morgan fingerprint density at radius 1 is 0.732 bits per heavy atom. The summed E-state index contributed by atoms with van der Waals surface area (Å²) in [7, 11) is -3.93. The van der Waals surface area contributed by atoms with E-state index in [2.05, 4.69) is 73.7 Å². The molecule has 1 atom stereocenters. The van der Waals surface area contributed by atoms with Gasteiger partial charge in [0.25, 0.3) is 0 Å². The molecule has 5 rings (SSSR count). The minimum Gasteiger partial charge on any atom is -0.379 e. The maximum absolute atomic E-state index is 13.1. The van der Waals surface area contributed by atoms with Crippen LogP contribution in [-0.4, -0.2) is 8.42 Å². The first-order valence-electron chi connectivity index (χ1n) is 14.9. The second kappa shape index (κ2) is 13.4. The molecule has 4 aromatic carbocycles. The third-order valence-corrected chi connectivity index (χ3v) is 9.38. The summed E-state index contributed by atoms with van der Waals surface area (Å²) in [6.07, 6.45) is 10.8. The summed E-state index contributed by atoms with van der Waals surface area (Å²) in [5, 5.41) is 0. The first-order chi connectivity index (χ1) is 20.0. The zero-order valence-electron chi connectivity index (χ0n) is 24.1. The highest BCUT2D eigenvalue weighted by molar-refractivity contribution is 7.87. The minimum absolute atomic E-state index is 0.121. The molecule has 0 fully saturated rings. The molecule has 0 bridgehead atoms. The van der Waals surface area contributed by atoms with Crippen LogP contribution in [0.25, 0.3) is 6.08 Å². The Morgan fingerprint density at radius 3 is 1.98 bits per heavy atom. The summed E-state index contributed by atoms with van der Waals surface area (Å²) in [5.74, 6) is 0.672. The van der Waals surface area contributed by atoms with Gasteiger partial charge < -0.3 is 4.18 Å². The molecule has 1 unspecified atom stereocenters. The molecule has 1 aliphatic rings. The van der Waals surface area contributed by atoms with E-state index >= 15 is 0 Å². The van der Waals surface area contributed by atoms with Crippen molar-refractivity contribution in [2.75, 3.05) is 0 Å². The third kappa shape index (κ3) is 7.00. The number of aryl methyl sites for hydroxylation is 1. The molecule has 0 saturated heterocycles. The van der Waals surface area contributed by atoms with Crippen LogP contribution in [0, 0.1) is 6.92 Å². The fourth-order valence-electron chi connectivity index (χ4n) is 5.98. The predicted octanol–water partition coefficient (Wildman–Crippen LogP) is 9.83. The molecule has 0 heterocycles. The van der Waals surface area contributed by atoms with E-state index in [4.69, 9.17) is 4.18 Å². The van der Waals surface area contributed by atoms with Gasteiger partial charge in [0, 0.05) is 11.8 Å². The number of unbranched alkanes of at least 4 members (excludes halogenated alkanes) is 5. The normalized spacial score (nSPS) is 14.6. The maximum atomic E-state index is 13.1. The van der Waals surface area contributed by atoms with Crippen LogP contribution in [0.15, 0.2) is 114 Å². The van der Waals surface area contributed by atoms with Crippen LogP contribution in [0.3, 0.4) is 0 Å². The Kier molecular flexibility index (Phi) is 9.41. The van der Waals surface area contributed by atoms with Crippen molar-refractivity contribution in [2.45, 2.75) is 75.5 Å². The highest BCUT2D eigenvalue weighted by Gasteiger charge is 2.32. The SMILES string of the molecule is CCCCCCCCC1C(C(c2ccccc2)c2ccccc2)=Cc2ccc(OS(=O)(=O)c3ccc(C)cc3)cc21. The van der Waals surface area contributed by atoms with Crippen LogP contribution in [0.4, 0.5) is 0 Å². The monoisotopic (exact) mass is 564 g/mol. The van der Waals surface area contributed by atoms with Crippen LogP contribution < -0.4 is 4.18 Å². The Hall–Kier alpha value is -3.63. The molecule has 41 heavy (non-hydrogen) atoms. The van der Waals surface area contributed by atoms with Crippen molar-refractivity contribution in [1.82, 2.24) is 0 Å². The van der Waals surface area contributed by atoms with Crippen molar-refractivity contribution >= 4 is 16.2 Å². The average molecular weight is 565 g/mol. The van der Waals surface area contributed by atoms with E-state index in [0.717, 1.165) is 29.5 Å². The first-order valence-corrected chi connectivity index (χ1v) is 16.3. The van der Waals surface area contributed by atoms with Gasteiger partial charge in [-0.15, -0.1) is 0 Å². The summed E-state index contributed by atoms with van der Waals surface area (Å²) in [4.78, 5) is 0.166. The van der Waals surface area contributed by atoms with Crippen molar-refractivity contribution in [3.05, 3.63) is 137 Å². The number of allylic oxidation sites excluding steroid dienone is 1. The van der Waals surface area contributed by atoms with Gasteiger partial charge >= 0.3 is 10.1 Å². The molecule has 0 amide bonds. The van der Waals surface area contributed by atoms with Crippen molar-refractivity contribution in [1.29, 1.82) is 0 Å². The lowest BCUT2D eigenvalue weighted by molar-refractivity contribution is 0.485. The molecule has 3 nitrogen and oxygen atoms in total. The molecule has 0 aliphatic heterocycles. The highest BCUT2D eigenvalue weighted by atomic mass is 32.2. The summed E-state index contributed by atoms with van der Waals surface area (Å²) in [5.41, 5.74) is 7.21. The summed E-state index contributed by atoms with van der Waals surface area (Å²) in [6, 6.07) is 34.0. The zero-order valence-corrected chi connectivity index (χ0v) is 24.9. The molecule has 212 valence electrons. The Bertz CT molecular complexity index is 1520. The largest absolute Gasteiger partial charge is 0.379 e. The topological polar surface area (TPSA) is 43.4 Å². The highest BCUT2D eigenvalue weighted by Crippen LogP contribution is 2.49. The fourth-order valence-corrected chi connectivity index (χ4v) is 6.90. The van der Waals surface area contributed by atoms with Gasteiger partial charge in [0.15, 0.2) is 0 Å². The molecule has 1 aliphatic carbocycles. The molecular formula is C37H40O3S. The fraction of sp³-hybridized carbons (Fsp3) is 0.297. The van der Waals surface area contributed by atoms with Gasteiger partial charge in [-0.3, -0.25) is 0 Å². The van der Waals surface area contributed by atoms with Gasteiger partial charge in [-0.05, 0) is 59.9 Å². The van der Waals surface area contributed by atoms with Gasteiger partial charge in [-0.25, -0.2) is 0 Å². The van der Waals surface area contributed by atoms with Gasteiger partial charge in [0.05, 0.1) is 0 Å². The number of rotatable bonds is 13. The summed E-state index contributed by atoms with van der Waals surface area (Å²) >= 11 is 0. The smallest absolute Gasteiger partial charge is 0.339 e. The third-order valence-electron chi connectivity index (χ3n) is 8.12. The Morgan fingerprint density at radius 2 is 1.34 bits per heavy atom. The Balaban J connectivity index is 1.48. The summed E-state index contributed by atoms with van der Waals surface area (Å²) < 4.78 is 31.9. The average Bonchev–Trinajstić information content (AvgIpc) is 3.33. The van der Waals surface area contributed by atoms with Crippen LogP contribution in [0.5, 0.6) is 5.75 Å². The number of fused-ring (bicyclic) bond motifs is 1. The van der Waals surface area contributed by atoms with Gasteiger partial charge in [-0.1, -0.05) is 142 Å². The van der Waals surface area contributed by atoms with Crippen LogP contribution in [-0.2, 0) is 10.1 Å². The van der Waals surface area contributed by atoms with E-state index in [-0.39, 0.29) is 16.7 Å². The van der Waals surface area contributed by atoms with Crippen molar-refractivity contribution in [3.63, 3.8) is 0 Å². The molecule has 0 saturated carbocycles. The lowest BCUT2D eigenvalue weighted by atomic mass is 9.77. The molecule has 4 heteroatoms. The van der Waals surface area contributed by atoms with Crippen molar-refractivity contribution in [2.24, 2.45) is 0 Å². The summed E-state index contributed by atoms with van der Waals surface area (Å²) in [6.45, 7) is 4.18. The lowest BCUT2D eigenvalue weighted by Crippen LogP contribution is -2.12. The molecule has 0 aromatic heterocycles.